The van der Waals surface area contributed by atoms with Gasteiger partial charge in [0.25, 0.3) is 0 Å². The Hall–Kier alpha value is -5.86. The number of hydrogen-bond acceptors (Lipinski definition) is 1. The number of hydrogen-bond donors (Lipinski definition) is 1. The second-order valence-corrected chi connectivity index (χ2v) is 11.9. The van der Waals surface area contributed by atoms with Crippen LogP contribution in [-0.4, -0.2) is 9.67 Å². The summed E-state index contributed by atoms with van der Waals surface area (Å²) in [6.07, 6.45) is 0. The van der Waals surface area contributed by atoms with Crippen LogP contribution in [0.4, 0.5) is 0 Å². The highest BCUT2D eigenvalue weighted by atomic mass is 16.3. The second kappa shape index (κ2) is 9.83. The molecule has 2 nitrogen and oxygen atoms in total. The molecule has 7 aromatic carbocycles. The maximum Gasteiger partial charge on any atom is 0.123 e. The van der Waals surface area contributed by atoms with Gasteiger partial charge in [0.15, 0.2) is 0 Å². The molecule has 1 heterocycles. The molecule has 8 aromatic rings. The molecule has 0 saturated carbocycles. The lowest BCUT2D eigenvalue weighted by Crippen LogP contribution is -2.28. The van der Waals surface area contributed by atoms with Crippen LogP contribution in [0.3, 0.4) is 0 Å². The van der Waals surface area contributed by atoms with E-state index in [0.29, 0.717) is 5.75 Å². The standard InChI is InChI=1S/C43H29NO/c45-41-22-12-20-37-42(41)35-25-23-30(28-38(35)43(37,31-13-4-1-5-14-31)32-15-6-2-7-16-32)29-24-26-40-36(27-29)34-19-10-11-21-39(34)44(40)33-17-8-3-9-18-33/h1-28,45H. The highest BCUT2D eigenvalue weighted by molar-refractivity contribution is 6.10. The number of rotatable bonds is 4. The Morgan fingerprint density at radius 1 is 0.444 bits per heavy atom. The maximum atomic E-state index is 11.3. The van der Waals surface area contributed by atoms with Gasteiger partial charge in [-0.05, 0) is 81.4 Å². The smallest absolute Gasteiger partial charge is 0.123 e. The Balaban J connectivity index is 1.32. The molecule has 45 heavy (non-hydrogen) atoms. The zero-order chi connectivity index (χ0) is 30.0. The molecule has 0 bridgehead atoms. The van der Waals surface area contributed by atoms with E-state index in [1.54, 1.807) is 6.07 Å². The minimum atomic E-state index is -0.574. The number of aromatic nitrogens is 1. The molecule has 1 aliphatic rings. The van der Waals surface area contributed by atoms with Gasteiger partial charge < -0.3 is 9.67 Å². The van der Waals surface area contributed by atoms with Crippen LogP contribution in [0.2, 0.25) is 0 Å². The van der Waals surface area contributed by atoms with Crippen LogP contribution < -0.4 is 0 Å². The molecular weight excluding hydrogens is 546 g/mol. The van der Waals surface area contributed by atoms with Crippen molar-refractivity contribution >= 4 is 21.8 Å². The van der Waals surface area contributed by atoms with Gasteiger partial charge in [-0.3, -0.25) is 0 Å². The molecule has 9 rings (SSSR count). The van der Waals surface area contributed by atoms with Crippen molar-refractivity contribution in [3.8, 4) is 33.7 Å². The van der Waals surface area contributed by atoms with Crippen LogP contribution in [0.1, 0.15) is 22.3 Å². The van der Waals surface area contributed by atoms with Gasteiger partial charge in [-0.25, -0.2) is 0 Å². The first-order valence-electron chi connectivity index (χ1n) is 15.4. The Kier molecular flexibility index (Phi) is 5.60. The first-order chi connectivity index (χ1) is 22.2. The summed E-state index contributed by atoms with van der Waals surface area (Å²) >= 11 is 0. The van der Waals surface area contributed by atoms with E-state index in [4.69, 9.17) is 0 Å². The second-order valence-electron chi connectivity index (χ2n) is 11.9. The van der Waals surface area contributed by atoms with E-state index in [-0.39, 0.29) is 0 Å². The van der Waals surface area contributed by atoms with Gasteiger partial charge in [-0.1, -0.05) is 127 Å². The fourth-order valence-electron chi connectivity index (χ4n) is 7.71. The van der Waals surface area contributed by atoms with E-state index in [9.17, 15) is 5.11 Å². The summed E-state index contributed by atoms with van der Waals surface area (Å²) in [6, 6.07) is 60.2. The van der Waals surface area contributed by atoms with E-state index >= 15 is 0 Å². The van der Waals surface area contributed by atoms with Crippen molar-refractivity contribution in [3.05, 3.63) is 192 Å². The van der Waals surface area contributed by atoms with Crippen LogP contribution in [-0.2, 0) is 5.41 Å². The monoisotopic (exact) mass is 575 g/mol. The van der Waals surface area contributed by atoms with Gasteiger partial charge in [-0.15, -0.1) is 0 Å². The fraction of sp³-hybridized carbons (Fsp3) is 0.0233. The maximum absolute atomic E-state index is 11.3. The molecule has 0 spiro atoms. The zero-order valence-corrected chi connectivity index (χ0v) is 24.6. The number of aromatic hydroxyl groups is 1. The van der Waals surface area contributed by atoms with Crippen molar-refractivity contribution in [3.63, 3.8) is 0 Å². The number of benzene rings is 7. The lowest BCUT2D eigenvalue weighted by atomic mass is 9.67. The minimum Gasteiger partial charge on any atom is -0.507 e. The summed E-state index contributed by atoms with van der Waals surface area (Å²) in [5, 5.41) is 13.8. The molecule has 0 amide bonds. The van der Waals surface area contributed by atoms with E-state index < -0.39 is 5.41 Å². The molecule has 1 N–H and O–H groups in total. The lowest BCUT2D eigenvalue weighted by molar-refractivity contribution is 0.477. The topological polar surface area (TPSA) is 25.2 Å². The first kappa shape index (κ1) is 25.6. The van der Waals surface area contributed by atoms with Crippen LogP contribution in [0, 0.1) is 0 Å². The average Bonchev–Trinajstić information content (AvgIpc) is 3.60. The molecule has 0 unspecified atom stereocenters. The molecule has 1 aliphatic carbocycles. The van der Waals surface area contributed by atoms with Crippen LogP contribution in [0.25, 0.3) is 49.7 Å². The Labute approximate surface area is 262 Å². The molecule has 0 radical (unpaired) electrons. The normalized spacial score (nSPS) is 13.2. The summed E-state index contributed by atoms with van der Waals surface area (Å²) in [4.78, 5) is 0. The predicted octanol–water partition coefficient (Wildman–Crippen LogP) is 10.5. The van der Waals surface area contributed by atoms with Gasteiger partial charge in [0, 0.05) is 22.0 Å². The minimum absolute atomic E-state index is 0.311. The van der Waals surface area contributed by atoms with Crippen molar-refractivity contribution < 1.29 is 5.11 Å². The number of nitrogens with zero attached hydrogens (tertiary/aromatic N) is 1. The van der Waals surface area contributed by atoms with E-state index in [0.717, 1.165) is 33.5 Å². The predicted molar refractivity (Wildman–Crippen MR) is 185 cm³/mol. The number of fused-ring (bicyclic) bond motifs is 6. The zero-order valence-electron chi connectivity index (χ0n) is 24.6. The summed E-state index contributed by atoms with van der Waals surface area (Å²) < 4.78 is 2.35. The summed E-state index contributed by atoms with van der Waals surface area (Å²) in [5.41, 5.74) is 11.9. The Bertz CT molecular complexity index is 2330. The summed E-state index contributed by atoms with van der Waals surface area (Å²) in [5.74, 6) is 0.311. The van der Waals surface area contributed by atoms with Gasteiger partial charge in [0.1, 0.15) is 5.75 Å². The molecular formula is C43H29NO. The molecule has 2 heteroatoms. The largest absolute Gasteiger partial charge is 0.507 e. The number of phenols is 1. The van der Waals surface area contributed by atoms with Gasteiger partial charge in [-0.2, -0.15) is 0 Å². The molecule has 0 aliphatic heterocycles. The summed E-state index contributed by atoms with van der Waals surface area (Å²) in [7, 11) is 0. The Morgan fingerprint density at radius 3 is 1.78 bits per heavy atom. The van der Waals surface area contributed by atoms with Crippen LogP contribution in [0.15, 0.2) is 170 Å². The quantitative estimate of drug-likeness (QED) is 0.222. The number of para-hydroxylation sites is 2. The van der Waals surface area contributed by atoms with Crippen molar-refractivity contribution in [2.45, 2.75) is 5.41 Å². The third-order valence-corrected chi connectivity index (χ3v) is 9.57. The number of phenolic OH excluding ortho intramolecular Hbond substituents is 1. The first-order valence-corrected chi connectivity index (χ1v) is 15.4. The average molecular weight is 576 g/mol. The molecule has 0 atom stereocenters. The molecule has 212 valence electrons. The SMILES string of the molecule is Oc1cccc2c1-c1ccc(-c3ccc4c(c3)c3ccccc3n4-c3ccccc3)cc1C2(c1ccccc1)c1ccccc1. The highest BCUT2D eigenvalue weighted by Gasteiger charge is 2.47. The molecule has 0 fully saturated rings. The third kappa shape index (κ3) is 3.63. The highest BCUT2D eigenvalue weighted by Crippen LogP contribution is 2.58. The van der Waals surface area contributed by atoms with E-state index in [2.05, 4.69) is 162 Å². The molecule has 0 saturated heterocycles. The molecule has 1 aromatic heterocycles. The lowest BCUT2D eigenvalue weighted by Gasteiger charge is -2.34. The van der Waals surface area contributed by atoms with Crippen molar-refractivity contribution in [2.24, 2.45) is 0 Å². The van der Waals surface area contributed by atoms with E-state index in [1.165, 1.54) is 38.5 Å². The van der Waals surface area contributed by atoms with Gasteiger partial charge in [0.05, 0.1) is 16.4 Å². The van der Waals surface area contributed by atoms with Gasteiger partial charge in [0.2, 0.25) is 0 Å². The van der Waals surface area contributed by atoms with Crippen LogP contribution in [0.5, 0.6) is 5.75 Å². The van der Waals surface area contributed by atoms with Crippen molar-refractivity contribution in [2.75, 3.05) is 0 Å². The third-order valence-electron chi connectivity index (χ3n) is 9.57. The van der Waals surface area contributed by atoms with Gasteiger partial charge >= 0.3 is 0 Å². The Morgan fingerprint density at radius 2 is 1.04 bits per heavy atom. The van der Waals surface area contributed by atoms with E-state index in [1.807, 2.05) is 6.07 Å². The summed E-state index contributed by atoms with van der Waals surface area (Å²) in [6.45, 7) is 0. The van der Waals surface area contributed by atoms with Crippen molar-refractivity contribution in [1.29, 1.82) is 0 Å². The fourth-order valence-corrected chi connectivity index (χ4v) is 7.71. The van der Waals surface area contributed by atoms with Crippen LogP contribution >= 0.6 is 0 Å². The van der Waals surface area contributed by atoms with Crippen molar-refractivity contribution in [1.82, 2.24) is 4.57 Å².